The average Bonchev–Trinajstić information content (AvgIpc) is 3.50. The molecule has 8 heteroatoms. The summed E-state index contributed by atoms with van der Waals surface area (Å²) in [6.45, 7) is 2.14. The number of halogens is 2. The lowest BCUT2D eigenvalue weighted by atomic mass is 9.99. The van der Waals surface area contributed by atoms with E-state index in [0.29, 0.717) is 31.5 Å². The van der Waals surface area contributed by atoms with Crippen molar-refractivity contribution in [2.75, 3.05) is 13.1 Å². The Balaban J connectivity index is 1.14. The summed E-state index contributed by atoms with van der Waals surface area (Å²) < 4.78 is 32.3. The van der Waals surface area contributed by atoms with Gasteiger partial charge in [0.2, 0.25) is 5.91 Å². The van der Waals surface area contributed by atoms with Crippen molar-refractivity contribution in [2.24, 2.45) is 0 Å². The Labute approximate surface area is 212 Å². The summed E-state index contributed by atoms with van der Waals surface area (Å²) in [6, 6.07) is 15.0. The minimum absolute atomic E-state index is 0.0886. The standard InChI is InChI=1S/C29H25F2N3O3/c1-18-10-22(19-2-4-20(5-3-19)28(36)34-16-29(30,31)17-34)11-23-12-25(37-27(18)23)6-7-26(35)33-14-21-8-9-32-13-24(21)15-33/h2-5,8-13H,6-7,14-17H2,1H3. The van der Waals surface area contributed by atoms with Crippen molar-refractivity contribution >= 4 is 22.8 Å². The number of alkyl halides is 2. The summed E-state index contributed by atoms with van der Waals surface area (Å²) in [5.74, 6) is -2.32. The van der Waals surface area contributed by atoms with E-state index < -0.39 is 19.0 Å². The Morgan fingerprint density at radius 2 is 1.73 bits per heavy atom. The number of rotatable bonds is 5. The van der Waals surface area contributed by atoms with Gasteiger partial charge in [-0.3, -0.25) is 14.6 Å². The highest BCUT2D eigenvalue weighted by molar-refractivity contribution is 5.95. The second-order valence-corrected chi connectivity index (χ2v) is 9.91. The van der Waals surface area contributed by atoms with Gasteiger partial charge in [0.15, 0.2) is 0 Å². The number of hydrogen-bond acceptors (Lipinski definition) is 4. The number of amides is 2. The van der Waals surface area contributed by atoms with E-state index in [0.717, 1.165) is 49.4 Å². The first kappa shape index (κ1) is 23.3. The number of pyridine rings is 1. The van der Waals surface area contributed by atoms with Crippen molar-refractivity contribution in [3.05, 3.63) is 88.9 Å². The van der Waals surface area contributed by atoms with Gasteiger partial charge in [-0.05, 0) is 71.1 Å². The van der Waals surface area contributed by atoms with Gasteiger partial charge in [-0.1, -0.05) is 12.1 Å². The molecule has 2 aliphatic rings. The molecule has 0 bridgehead atoms. The summed E-state index contributed by atoms with van der Waals surface area (Å²) in [5.41, 5.74) is 6.27. The SMILES string of the molecule is Cc1cc(-c2ccc(C(=O)N3CC(F)(F)C3)cc2)cc2cc(CCC(=O)N3Cc4ccncc4C3)oc12. The minimum atomic E-state index is -2.78. The monoisotopic (exact) mass is 501 g/mol. The van der Waals surface area contributed by atoms with E-state index in [1.54, 1.807) is 18.3 Å². The smallest absolute Gasteiger partial charge is 0.282 e. The van der Waals surface area contributed by atoms with E-state index in [2.05, 4.69) is 4.98 Å². The third kappa shape index (κ3) is 4.48. The number of hydrogen-bond donors (Lipinski definition) is 0. The zero-order chi connectivity index (χ0) is 25.7. The molecule has 0 aliphatic carbocycles. The first-order valence-corrected chi connectivity index (χ1v) is 12.3. The van der Waals surface area contributed by atoms with Crippen LogP contribution in [0.3, 0.4) is 0 Å². The van der Waals surface area contributed by atoms with Crippen LogP contribution in [0.4, 0.5) is 8.78 Å². The highest BCUT2D eigenvalue weighted by Gasteiger charge is 2.46. The van der Waals surface area contributed by atoms with Crippen LogP contribution in [0.15, 0.2) is 65.3 Å². The lowest BCUT2D eigenvalue weighted by molar-refractivity contribution is -0.131. The fourth-order valence-electron chi connectivity index (χ4n) is 5.10. The summed E-state index contributed by atoms with van der Waals surface area (Å²) in [5, 5.41) is 0.945. The molecule has 6 rings (SSSR count). The topological polar surface area (TPSA) is 66.7 Å². The highest BCUT2D eigenvalue weighted by atomic mass is 19.3. The van der Waals surface area contributed by atoms with Crippen molar-refractivity contribution in [1.29, 1.82) is 0 Å². The fourth-order valence-corrected chi connectivity index (χ4v) is 5.10. The van der Waals surface area contributed by atoms with Gasteiger partial charge >= 0.3 is 0 Å². The first-order chi connectivity index (χ1) is 17.8. The van der Waals surface area contributed by atoms with Crippen molar-refractivity contribution in [3.63, 3.8) is 0 Å². The number of nitrogens with zero attached hydrogens (tertiary/aromatic N) is 3. The van der Waals surface area contributed by atoms with Crippen molar-refractivity contribution < 1.29 is 22.8 Å². The molecule has 0 atom stereocenters. The van der Waals surface area contributed by atoms with Gasteiger partial charge in [-0.25, -0.2) is 8.78 Å². The molecule has 0 saturated carbocycles. The number of aryl methyl sites for hydroxylation is 2. The predicted molar refractivity (Wildman–Crippen MR) is 134 cm³/mol. The van der Waals surface area contributed by atoms with Crippen molar-refractivity contribution in [1.82, 2.24) is 14.8 Å². The van der Waals surface area contributed by atoms with Gasteiger partial charge in [0.1, 0.15) is 11.3 Å². The Bertz CT molecular complexity index is 1490. The normalized spacial score (nSPS) is 16.1. The molecule has 2 amide bonds. The lowest BCUT2D eigenvalue weighted by Gasteiger charge is -2.38. The van der Waals surface area contributed by atoms with E-state index >= 15 is 0 Å². The van der Waals surface area contributed by atoms with E-state index in [1.165, 1.54) is 0 Å². The van der Waals surface area contributed by atoms with Crippen LogP contribution in [0.2, 0.25) is 0 Å². The molecule has 0 spiro atoms. The van der Waals surface area contributed by atoms with E-state index in [1.807, 2.05) is 54.4 Å². The summed E-state index contributed by atoms with van der Waals surface area (Å²) >= 11 is 0. The number of aromatic nitrogens is 1. The summed E-state index contributed by atoms with van der Waals surface area (Å²) in [7, 11) is 0. The predicted octanol–water partition coefficient (Wildman–Crippen LogP) is 5.37. The fraction of sp³-hybridized carbons (Fsp3) is 0.276. The minimum Gasteiger partial charge on any atom is -0.461 e. The second-order valence-electron chi connectivity index (χ2n) is 9.91. The molecule has 2 aliphatic heterocycles. The lowest BCUT2D eigenvalue weighted by Crippen LogP contribution is -2.58. The van der Waals surface area contributed by atoms with Crippen LogP contribution in [0, 0.1) is 6.92 Å². The highest BCUT2D eigenvalue weighted by Crippen LogP contribution is 2.32. The van der Waals surface area contributed by atoms with E-state index in [4.69, 9.17) is 4.42 Å². The third-order valence-corrected chi connectivity index (χ3v) is 7.11. The van der Waals surface area contributed by atoms with Crippen LogP contribution in [-0.4, -0.2) is 45.6 Å². The van der Waals surface area contributed by atoms with Gasteiger partial charge in [0.05, 0.1) is 13.1 Å². The largest absolute Gasteiger partial charge is 0.461 e. The molecule has 2 aromatic heterocycles. The van der Waals surface area contributed by atoms with Crippen LogP contribution in [0.25, 0.3) is 22.1 Å². The zero-order valence-corrected chi connectivity index (χ0v) is 20.3. The molecule has 4 aromatic rings. The maximum Gasteiger partial charge on any atom is 0.282 e. The molecule has 2 aromatic carbocycles. The number of carbonyl (C=O) groups is 2. The maximum atomic E-state index is 13.1. The van der Waals surface area contributed by atoms with Crippen LogP contribution < -0.4 is 0 Å². The molecular weight excluding hydrogens is 476 g/mol. The van der Waals surface area contributed by atoms with E-state index in [9.17, 15) is 18.4 Å². The third-order valence-electron chi connectivity index (χ3n) is 7.11. The average molecular weight is 502 g/mol. The van der Waals surface area contributed by atoms with Gasteiger partial charge in [0.25, 0.3) is 11.8 Å². The molecule has 1 fully saturated rings. The Hall–Kier alpha value is -4.07. The molecule has 0 unspecified atom stereocenters. The zero-order valence-electron chi connectivity index (χ0n) is 20.3. The molecule has 4 heterocycles. The molecule has 1 saturated heterocycles. The number of fused-ring (bicyclic) bond motifs is 2. The summed E-state index contributed by atoms with van der Waals surface area (Å²) in [4.78, 5) is 32.3. The van der Waals surface area contributed by atoms with E-state index in [-0.39, 0.29) is 11.8 Å². The number of furan rings is 1. The molecule has 6 nitrogen and oxygen atoms in total. The maximum absolute atomic E-state index is 13.1. The second kappa shape index (κ2) is 8.80. The molecule has 0 N–H and O–H groups in total. The Morgan fingerprint density at radius 3 is 2.46 bits per heavy atom. The number of likely N-dealkylation sites (tertiary alicyclic amines) is 1. The van der Waals surface area contributed by atoms with Crippen molar-refractivity contribution in [2.45, 2.75) is 38.8 Å². The van der Waals surface area contributed by atoms with Crippen molar-refractivity contribution in [3.8, 4) is 11.1 Å². The molecule has 0 radical (unpaired) electrons. The first-order valence-electron chi connectivity index (χ1n) is 12.3. The quantitative estimate of drug-likeness (QED) is 0.369. The summed E-state index contributed by atoms with van der Waals surface area (Å²) in [6.07, 6.45) is 4.45. The Kier molecular flexibility index (Phi) is 5.55. The van der Waals surface area contributed by atoms with Gasteiger partial charge in [-0.2, -0.15) is 0 Å². The van der Waals surface area contributed by atoms with Gasteiger partial charge in [-0.15, -0.1) is 0 Å². The molecule has 37 heavy (non-hydrogen) atoms. The molecular formula is C29H25F2N3O3. The van der Waals surface area contributed by atoms with Crippen LogP contribution in [-0.2, 0) is 24.3 Å². The number of carbonyl (C=O) groups excluding carboxylic acids is 2. The van der Waals surface area contributed by atoms with Gasteiger partial charge < -0.3 is 14.2 Å². The molecule has 188 valence electrons. The number of benzene rings is 2. The van der Waals surface area contributed by atoms with Crippen LogP contribution in [0.1, 0.15) is 39.2 Å². The Morgan fingerprint density at radius 1 is 0.973 bits per heavy atom. The van der Waals surface area contributed by atoms with Gasteiger partial charge in [0, 0.05) is 49.3 Å². The van der Waals surface area contributed by atoms with Crippen LogP contribution in [0.5, 0.6) is 0 Å². The van der Waals surface area contributed by atoms with Crippen LogP contribution >= 0.6 is 0 Å².